The molecule has 0 radical (unpaired) electrons. The fraction of sp³-hybridized carbons (Fsp3) is 0.0625. The van der Waals surface area contributed by atoms with E-state index in [1.54, 1.807) is 24.5 Å². The zero-order valence-corrected chi connectivity index (χ0v) is 12.5. The van der Waals surface area contributed by atoms with Gasteiger partial charge in [-0.3, -0.25) is 9.78 Å². The number of amides is 1. The summed E-state index contributed by atoms with van der Waals surface area (Å²) in [6.07, 6.45) is 5.26. The highest BCUT2D eigenvalue weighted by Crippen LogP contribution is 2.14. The monoisotopic (exact) mass is 310 g/mol. The quantitative estimate of drug-likeness (QED) is 0.758. The number of pyridine rings is 2. The van der Waals surface area contributed by atoms with Crippen LogP contribution in [-0.4, -0.2) is 15.9 Å². The van der Waals surface area contributed by atoms with Crippen LogP contribution in [0.5, 0.6) is 0 Å². The van der Waals surface area contributed by atoms with E-state index < -0.39 is 0 Å². The maximum absolute atomic E-state index is 11.9. The summed E-state index contributed by atoms with van der Waals surface area (Å²) in [7, 11) is 0. The Balaban J connectivity index is 1.57. The first kappa shape index (κ1) is 14.2. The molecule has 0 spiro atoms. The molecule has 0 saturated heterocycles. The number of nitrogens with one attached hydrogen (secondary N) is 2. The van der Waals surface area contributed by atoms with Crippen LogP contribution in [0.15, 0.2) is 60.4 Å². The molecular weight excluding hydrogens is 296 g/mol. The molecule has 0 aliphatic heterocycles. The van der Waals surface area contributed by atoms with E-state index >= 15 is 0 Å². The Morgan fingerprint density at radius 3 is 2.77 bits per heavy atom. The molecule has 22 heavy (non-hydrogen) atoms. The van der Waals surface area contributed by atoms with Gasteiger partial charge in [0.15, 0.2) is 0 Å². The summed E-state index contributed by atoms with van der Waals surface area (Å²) in [5.74, 6) is 0.392. The lowest BCUT2D eigenvalue weighted by atomic mass is 10.3. The van der Waals surface area contributed by atoms with Crippen molar-refractivity contribution in [1.82, 2.24) is 9.97 Å². The van der Waals surface area contributed by atoms with Gasteiger partial charge >= 0.3 is 0 Å². The molecular formula is C16H14N4OS. The van der Waals surface area contributed by atoms with Crippen molar-refractivity contribution >= 4 is 28.7 Å². The second-order valence-corrected chi connectivity index (χ2v) is 5.53. The third-order valence-electron chi connectivity index (χ3n) is 2.97. The van der Waals surface area contributed by atoms with Gasteiger partial charge in [-0.15, -0.1) is 11.3 Å². The molecule has 0 fully saturated rings. The number of hydrogen-bond donors (Lipinski definition) is 2. The molecule has 0 atom stereocenters. The SMILES string of the molecule is O=C(Nc1ccc(NCc2cccnc2)cn1)c1cccs1. The van der Waals surface area contributed by atoms with Gasteiger partial charge in [0, 0.05) is 18.9 Å². The van der Waals surface area contributed by atoms with Crippen LogP contribution in [-0.2, 0) is 6.54 Å². The number of carbonyl (C=O) groups is 1. The lowest BCUT2D eigenvalue weighted by Crippen LogP contribution is -2.11. The summed E-state index contributed by atoms with van der Waals surface area (Å²) in [6.45, 7) is 0.677. The highest BCUT2D eigenvalue weighted by atomic mass is 32.1. The number of hydrogen-bond acceptors (Lipinski definition) is 5. The van der Waals surface area contributed by atoms with Crippen molar-refractivity contribution in [2.24, 2.45) is 0 Å². The van der Waals surface area contributed by atoms with Crippen molar-refractivity contribution < 1.29 is 4.79 Å². The highest BCUT2D eigenvalue weighted by Gasteiger charge is 2.07. The van der Waals surface area contributed by atoms with Crippen molar-refractivity contribution in [1.29, 1.82) is 0 Å². The summed E-state index contributed by atoms with van der Waals surface area (Å²) >= 11 is 1.40. The van der Waals surface area contributed by atoms with Crippen LogP contribution >= 0.6 is 11.3 Å². The molecule has 6 heteroatoms. The molecule has 3 heterocycles. The smallest absolute Gasteiger partial charge is 0.266 e. The summed E-state index contributed by atoms with van der Waals surface area (Å²) in [4.78, 5) is 20.9. The first-order chi connectivity index (χ1) is 10.8. The predicted octanol–water partition coefficient (Wildman–Crippen LogP) is 3.40. The van der Waals surface area contributed by atoms with E-state index in [0.717, 1.165) is 11.3 Å². The van der Waals surface area contributed by atoms with Gasteiger partial charge in [-0.2, -0.15) is 0 Å². The van der Waals surface area contributed by atoms with E-state index in [1.165, 1.54) is 11.3 Å². The first-order valence-corrected chi connectivity index (χ1v) is 7.63. The molecule has 0 aliphatic rings. The van der Waals surface area contributed by atoms with E-state index in [-0.39, 0.29) is 5.91 Å². The minimum absolute atomic E-state index is 0.140. The van der Waals surface area contributed by atoms with Crippen LogP contribution < -0.4 is 10.6 Å². The summed E-state index contributed by atoms with van der Waals surface area (Å²) < 4.78 is 0. The normalized spacial score (nSPS) is 10.2. The van der Waals surface area contributed by atoms with Crippen LogP contribution in [0.25, 0.3) is 0 Å². The maximum Gasteiger partial charge on any atom is 0.266 e. The van der Waals surface area contributed by atoms with E-state index in [2.05, 4.69) is 20.6 Å². The highest BCUT2D eigenvalue weighted by molar-refractivity contribution is 7.12. The topological polar surface area (TPSA) is 66.9 Å². The van der Waals surface area contributed by atoms with Crippen molar-refractivity contribution in [3.05, 3.63) is 70.8 Å². The minimum atomic E-state index is -0.140. The Hall–Kier alpha value is -2.73. The molecule has 0 saturated carbocycles. The molecule has 5 nitrogen and oxygen atoms in total. The molecule has 3 aromatic rings. The van der Waals surface area contributed by atoms with Crippen molar-refractivity contribution in [3.8, 4) is 0 Å². The second kappa shape index (κ2) is 6.82. The number of carbonyl (C=O) groups excluding carboxylic acids is 1. The molecule has 3 rings (SSSR count). The van der Waals surface area contributed by atoms with Crippen LogP contribution in [0.1, 0.15) is 15.2 Å². The van der Waals surface area contributed by atoms with Gasteiger partial charge in [0.2, 0.25) is 0 Å². The van der Waals surface area contributed by atoms with Crippen molar-refractivity contribution in [2.75, 3.05) is 10.6 Å². The maximum atomic E-state index is 11.9. The number of thiophene rings is 1. The van der Waals surface area contributed by atoms with Gasteiger partial charge in [-0.05, 0) is 35.2 Å². The van der Waals surface area contributed by atoms with Gasteiger partial charge in [0.05, 0.1) is 16.8 Å². The number of aromatic nitrogens is 2. The van der Waals surface area contributed by atoms with Crippen molar-refractivity contribution in [2.45, 2.75) is 6.54 Å². The third-order valence-corrected chi connectivity index (χ3v) is 3.84. The van der Waals surface area contributed by atoms with Crippen LogP contribution in [0.2, 0.25) is 0 Å². The van der Waals surface area contributed by atoms with Crippen LogP contribution in [0.3, 0.4) is 0 Å². The Kier molecular flexibility index (Phi) is 4.41. The minimum Gasteiger partial charge on any atom is -0.380 e. The fourth-order valence-electron chi connectivity index (χ4n) is 1.86. The summed E-state index contributed by atoms with van der Waals surface area (Å²) in [5, 5.41) is 7.89. The van der Waals surface area contributed by atoms with E-state index in [1.807, 2.05) is 35.8 Å². The van der Waals surface area contributed by atoms with Gasteiger partial charge < -0.3 is 10.6 Å². The number of nitrogens with zero attached hydrogens (tertiary/aromatic N) is 2. The Labute approximate surface area is 132 Å². The molecule has 0 unspecified atom stereocenters. The van der Waals surface area contributed by atoms with Gasteiger partial charge in [-0.25, -0.2) is 4.98 Å². The fourth-order valence-corrected chi connectivity index (χ4v) is 2.48. The predicted molar refractivity (Wildman–Crippen MR) is 88.1 cm³/mol. The Morgan fingerprint density at radius 1 is 1.14 bits per heavy atom. The molecule has 1 amide bonds. The van der Waals surface area contributed by atoms with E-state index in [0.29, 0.717) is 17.2 Å². The van der Waals surface area contributed by atoms with Gasteiger partial charge in [0.25, 0.3) is 5.91 Å². The number of rotatable bonds is 5. The average Bonchev–Trinajstić information content (AvgIpc) is 3.10. The lowest BCUT2D eigenvalue weighted by molar-refractivity contribution is 0.103. The lowest BCUT2D eigenvalue weighted by Gasteiger charge is -2.07. The van der Waals surface area contributed by atoms with E-state index in [9.17, 15) is 4.79 Å². The standard InChI is InChI=1S/C16H14N4OS/c21-16(14-4-2-8-22-14)20-15-6-5-13(11-19-15)18-10-12-3-1-7-17-9-12/h1-9,11,18H,10H2,(H,19,20,21). The molecule has 0 bridgehead atoms. The molecule has 2 N–H and O–H groups in total. The number of anilines is 2. The summed E-state index contributed by atoms with van der Waals surface area (Å²) in [6, 6.07) is 11.2. The Bertz CT molecular complexity index is 727. The molecule has 0 aromatic carbocycles. The van der Waals surface area contributed by atoms with Crippen LogP contribution in [0, 0.1) is 0 Å². The largest absolute Gasteiger partial charge is 0.380 e. The molecule has 110 valence electrons. The summed E-state index contributed by atoms with van der Waals surface area (Å²) in [5.41, 5.74) is 1.98. The third kappa shape index (κ3) is 3.67. The second-order valence-electron chi connectivity index (χ2n) is 4.58. The van der Waals surface area contributed by atoms with Gasteiger partial charge in [0.1, 0.15) is 5.82 Å². The van der Waals surface area contributed by atoms with Gasteiger partial charge in [-0.1, -0.05) is 12.1 Å². The Morgan fingerprint density at radius 2 is 2.09 bits per heavy atom. The molecule has 0 aliphatic carbocycles. The van der Waals surface area contributed by atoms with Crippen molar-refractivity contribution in [3.63, 3.8) is 0 Å². The van der Waals surface area contributed by atoms with Crippen LogP contribution in [0.4, 0.5) is 11.5 Å². The average molecular weight is 310 g/mol. The zero-order chi connectivity index (χ0) is 15.2. The first-order valence-electron chi connectivity index (χ1n) is 6.75. The zero-order valence-electron chi connectivity index (χ0n) is 11.7. The molecule has 3 aromatic heterocycles. The van der Waals surface area contributed by atoms with E-state index in [4.69, 9.17) is 0 Å².